The van der Waals surface area contributed by atoms with Crippen LogP contribution in [0.4, 0.5) is 0 Å². The molecule has 2 heteroatoms. The van der Waals surface area contributed by atoms with Gasteiger partial charge in [-0.3, -0.25) is 4.90 Å². The molecule has 1 saturated heterocycles. The van der Waals surface area contributed by atoms with Gasteiger partial charge in [-0.15, -0.1) is 0 Å². The van der Waals surface area contributed by atoms with Crippen molar-refractivity contribution in [1.82, 2.24) is 10.2 Å². The molecule has 1 atom stereocenters. The molecule has 1 N–H and O–H groups in total. The van der Waals surface area contributed by atoms with E-state index in [2.05, 4.69) is 48.3 Å². The first-order valence-corrected chi connectivity index (χ1v) is 7.35. The molecule has 1 aliphatic heterocycles. The Kier molecular flexibility index (Phi) is 5.21. The van der Waals surface area contributed by atoms with Gasteiger partial charge < -0.3 is 5.32 Å². The molecule has 1 heterocycles. The highest BCUT2D eigenvalue weighted by molar-refractivity contribution is 5.25. The van der Waals surface area contributed by atoms with Crippen molar-refractivity contribution < 1.29 is 0 Å². The van der Waals surface area contributed by atoms with Crippen LogP contribution in [-0.4, -0.2) is 31.1 Å². The van der Waals surface area contributed by atoms with Gasteiger partial charge in [-0.05, 0) is 30.9 Å². The average Bonchev–Trinajstić information content (AvgIpc) is 2.46. The highest BCUT2D eigenvalue weighted by Crippen LogP contribution is 2.21. The molecule has 1 aromatic carbocycles. The van der Waals surface area contributed by atoms with Gasteiger partial charge in [0.2, 0.25) is 0 Å². The lowest BCUT2D eigenvalue weighted by atomic mass is 10.0. The minimum Gasteiger partial charge on any atom is -0.314 e. The Morgan fingerprint density at radius 1 is 1.17 bits per heavy atom. The molecule has 1 unspecified atom stereocenters. The van der Waals surface area contributed by atoms with E-state index in [1.54, 1.807) is 0 Å². The number of rotatable bonds is 5. The van der Waals surface area contributed by atoms with Crippen molar-refractivity contribution in [1.29, 1.82) is 0 Å². The number of aryl methyl sites for hydroxylation is 1. The van der Waals surface area contributed by atoms with Crippen LogP contribution < -0.4 is 5.32 Å². The fourth-order valence-corrected chi connectivity index (χ4v) is 2.62. The summed E-state index contributed by atoms with van der Waals surface area (Å²) in [6.07, 6.45) is 3.80. The monoisotopic (exact) mass is 246 g/mol. The third kappa shape index (κ3) is 3.56. The van der Waals surface area contributed by atoms with Gasteiger partial charge in [-0.2, -0.15) is 0 Å². The predicted molar refractivity (Wildman–Crippen MR) is 77.9 cm³/mol. The normalized spacial score (nSPS) is 18.8. The van der Waals surface area contributed by atoms with Gasteiger partial charge >= 0.3 is 0 Å². The number of benzene rings is 1. The van der Waals surface area contributed by atoms with Gasteiger partial charge in [0.1, 0.15) is 0 Å². The summed E-state index contributed by atoms with van der Waals surface area (Å²) in [4.78, 5) is 2.57. The molecule has 2 rings (SSSR count). The van der Waals surface area contributed by atoms with Crippen molar-refractivity contribution in [3.63, 3.8) is 0 Å². The van der Waals surface area contributed by atoms with Crippen LogP contribution in [0.15, 0.2) is 24.3 Å². The van der Waals surface area contributed by atoms with Gasteiger partial charge in [-0.1, -0.05) is 37.6 Å². The Morgan fingerprint density at radius 3 is 2.44 bits per heavy atom. The molecule has 100 valence electrons. The van der Waals surface area contributed by atoms with Crippen molar-refractivity contribution in [2.24, 2.45) is 0 Å². The standard InChI is InChI=1S/C16H26N2/c1-3-4-5-15-6-8-16(9-7-15)14(2)18-12-10-17-11-13-18/h6-9,14,17H,3-5,10-13H2,1-2H3. The number of nitrogens with one attached hydrogen (secondary N) is 1. The van der Waals surface area contributed by atoms with Crippen molar-refractivity contribution in [2.45, 2.75) is 39.2 Å². The maximum Gasteiger partial charge on any atom is 0.0320 e. The molecule has 2 nitrogen and oxygen atoms in total. The van der Waals surface area contributed by atoms with Crippen LogP contribution in [0.3, 0.4) is 0 Å². The summed E-state index contributed by atoms with van der Waals surface area (Å²) in [5, 5.41) is 3.41. The second-order valence-electron chi connectivity index (χ2n) is 5.31. The SMILES string of the molecule is CCCCc1ccc(C(C)N2CCNCC2)cc1. The molecule has 18 heavy (non-hydrogen) atoms. The summed E-state index contributed by atoms with van der Waals surface area (Å²) in [5.74, 6) is 0. The molecule has 0 saturated carbocycles. The Hall–Kier alpha value is -0.860. The molecule has 1 aromatic rings. The third-order valence-corrected chi connectivity index (χ3v) is 3.98. The van der Waals surface area contributed by atoms with Crippen LogP contribution >= 0.6 is 0 Å². The van der Waals surface area contributed by atoms with Gasteiger partial charge in [0.15, 0.2) is 0 Å². The number of hydrogen-bond donors (Lipinski definition) is 1. The highest BCUT2D eigenvalue weighted by atomic mass is 15.2. The van der Waals surface area contributed by atoms with Crippen molar-refractivity contribution in [3.05, 3.63) is 35.4 Å². The first kappa shape index (κ1) is 13.6. The van der Waals surface area contributed by atoms with E-state index in [1.807, 2.05) is 0 Å². The lowest BCUT2D eigenvalue weighted by Crippen LogP contribution is -2.44. The van der Waals surface area contributed by atoms with E-state index in [0.29, 0.717) is 6.04 Å². The van der Waals surface area contributed by atoms with Crippen LogP contribution in [0.1, 0.15) is 43.9 Å². The largest absolute Gasteiger partial charge is 0.314 e. The average molecular weight is 246 g/mol. The minimum atomic E-state index is 0.548. The topological polar surface area (TPSA) is 15.3 Å². The second-order valence-corrected chi connectivity index (χ2v) is 5.31. The van der Waals surface area contributed by atoms with E-state index >= 15 is 0 Å². The van der Waals surface area contributed by atoms with Gasteiger partial charge in [0.25, 0.3) is 0 Å². The quantitative estimate of drug-likeness (QED) is 0.859. The van der Waals surface area contributed by atoms with Gasteiger partial charge in [0, 0.05) is 32.2 Å². The zero-order valence-electron chi connectivity index (χ0n) is 11.8. The Bertz CT molecular complexity index is 339. The van der Waals surface area contributed by atoms with E-state index in [-0.39, 0.29) is 0 Å². The maximum atomic E-state index is 3.41. The fourth-order valence-electron chi connectivity index (χ4n) is 2.62. The van der Waals surface area contributed by atoms with Gasteiger partial charge in [-0.25, -0.2) is 0 Å². The van der Waals surface area contributed by atoms with Crippen LogP contribution in [-0.2, 0) is 6.42 Å². The lowest BCUT2D eigenvalue weighted by Gasteiger charge is -2.33. The second kappa shape index (κ2) is 6.91. The third-order valence-electron chi connectivity index (χ3n) is 3.98. The van der Waals surface area contributed by atoms with Crippen LogP contribution in [0, 0.1) is 0 Å². The summed E-state index contributed by atoms with van der Waals surface area (Å²) in [7, 11) is 0. The summed E-state index contributed by atoms with van der Waals surface area (Å²) in [5.41, 5.74) is 2.94. The first-order chi connectivity index (χ1) is 8.81. The summed E-state index contributed by atoms with van der Waals surface area (Å²) in [6, 6.07) is 9.80. The predicted octanol–water partition coefficient (Wildman–Crippen LogP) is 3.00. The zero-order chi connectivity index (χ0) is 12.8. The lowest BCUT2D eigenvalue weighted by molar-refractivity contribution is 0.185. The van der Waals surface area contributed by atoms with Crippen LogP contribution in [0.2, 0.25) is 0 Å². The summed E-state index contributed by atoms with van der Waals surface area (Å²) < 4.78 is 0. The smallest absolute Gasteiger partial charge is 0.0320 e. The molecule has 1 fully saturated rings. The Balaban J connectivity index is 1.95. The molecular formula is C16H26N2. The molecule has 0 aliphatic carbocycles. The number of nitrogens with zero attached hydrogens (tertiary/aromatic N) is 1. The summed E-state index contributed by atoms with van der Waals surface area (Å²) in [6.45, 7) is 9.16. The fraction of sp³-hybridized carbons (Fsp3) is 0.625. The molecule has 0 amide bonds. The molecular weight excluding hydrogens is 220 g/mol. The number of hydrogen-bond acceptors (Lipinski definition) is 2. The maximum absolute atomic E-state index is 3.41. The minimum absolute atomic E-state index is 0.548. The van der Waals surface area contributed by atoms with Crippen LogP contribution in [0.25, 0.3) is 0 Å². The molecule has 0 spiro atoms. The van der Waals surface area contributed by atoms with E-state index in [1.165, 1.54) is 43.5 Å². The van der Waals surface area contributed by atoms with E-state index in [4.69, 9.17) is 0 Å². The first-order valence-electron chi connectivity index (χ1n) is 7.35. The van der Waals surface area contributed by atoms with E-state index < -0.39 is 0 Å². The Morgan fingerprint density at radius 2 is 1.83 bits per heavy atom. The van der Waals surface area contributed by atoms with Gasteiger partial charge in [0.05, 0.1) is 0 Å². The molecule has 0 bridgehead atoms. The van der Waals surface area contributed by atoms with Crippen molar-refractivity contribution >= 4 is 0 Å². The van der Waals surface area contributed by atoms with Crippen molar-refractivity contribution in [2.75, 3.05) is 26.2 Å². The molecule has 1 aliphatic rings. The number of unbranched alkanes of at least 4 members (excludes halogenated alkanes) is 1. The molecule has 0 radical (unpaired) electrons. The summed E-state index contributed by atoms with van der Waals surface area (Å²) >= 11 is 0. The van der Waals surface area contributed by atoms with Crippen LogP contribution in [0.5, 0.6) is 0 Å². The van der Waals surface area contributed by atoms with Crippen molar-refractivity contribution in [3.8, 4) is 0 Å². The van der Waals surface area contributed by atoms with E-state index in [0.717, 1.165) is 13.1 Å². The number of piperazine rings is 1. The Labute approximate surface area is 111 Å². The molecule has 0 aromatic heterocycles. The zero-order valence-corrected chi connectivity index (χ0v) is 11.8. The van der Waals surface area contributed by atoms with E-state index in [9.17, 15) is 0 Å². The highest BCUT2D eigenvalue weighted by Gasteiger charge is 2.17.